The lowest BCUT2D eigenvalue weighted by Crippen LogP contribution is -2.50. The minimum Gasteiger partial charge on any atom is -0.391 e. The fraction of sp³-hybridized carbons (Fsp3) is 0.968. The van der Waals surface area contributed by atoms with Gasteiger partial charge in [-0.2, -0.15) is 8.42 Å². The van der Waals surface area contributed by atoms with Gasteiger partial charge >= 0.3 is 0 Å². The predicted molar refractivity (Wildman–Crippen MR) is 163 cm³/mol. The van der Waals surface area contributed by atoms with Crippen LogP contribution in [-0.4, -0.2) is 53.1 Å². The van der Waals surface area contributed by atoms with Crippen molar-refractivity contribution in [2.45, 2.75) is 186 Å². The first kappa shape index (κ1) is 38.3. The minimum absolute atomic E-state index is 0.302. The lowest BCUT2D eigenvalue weighted by atomic mass is 10.0. The van der Waals surface area contributed by atoms with Crippen molar-refractivity contribution < 1.29 is 28.0 Å². The summed E-state index contributed by atoms with van der Waals surface area (Å²) in [5, 5.41) is 23.1. The molecule has 0 bridgehead atoms. The summed E-state index contributed by atoms with van der Waals surface area (Å²) in [7, 11) is -4.38. The summed E-state index contributed by atoms with van der Waals surface area (Å²) in [5.41, 5.74) is 0. The molecule has 0 heterocycles. The number of unbranched alkanes of at least 4 members (excludes halogenated alkanes) is 20. The van der Waals surface area contributed by atoms with Crippen LogP contribution in [0.5, 0.6) is 0 Å². The third-order valence-electron chi connectivity index (χ3n) is 7.67. The normalized spacial score (nSPS) is 14.3. The summed E-state index contributed by atoms with van der Waals surface area (Å²) >= 11 is 0. The van der Waals surface area contributed by atoms with E-state index in [2.05, 4.69) is 19.2 Å². The van der Waals surface area contributed by atoms with Gasteiger partial charge < -0.3 is 15.5 Å². The Morgan fingerprint density at radius 1 is 0.590 bits per heavy atom. The van der Waals surface area contributed by atoms with Crippen molar-refractivity contribution in [2.75, 3.05) is 5.75 Å². The molecule has 0 aliphatic heterocycles. The minimum atomic E-state index is -4.38. The van der Waals surface area contributed by atoms with E-state index in [1.807, 2.05) is 0 Å². The molecule has 0 aliphatic rings. The van der Waals surface area contributed by atoms with E-state index < -0.39 is 40.0 Å². The van der Waals surface area contributed by atoms with Crippen molar-refractivity contribution in [3.63, 3.8) is 0 Å². The Bertz CT molecular complexity index is 657. The van der Waals surface area contributed by atoms with E-state index in [0.29, 0.717) is 19.3 Å². The van der Waals surface area contributed by atoms with E-state index in [1.165, 1.54) is 89.9 Å². The van der Waals surface area contributed by atoms with E-state index >= 15 is 0 Å². The second-order valence-corrected chi connectivity index (χ2v) is 13.1. The van der Waals surface area contributed by atoms with Crippen LogP contribution in [0.2, 0.25) is 0 Å². The summed E-state index contributed by atoms with van der Waals surface area (Å²) in [6, 6.07) is -1.14. The quantitative estimate of drug-likeness (QED) is 0.0539. The second kappa shape index (κ2) is 26.2. The van der Waals surface area contributed by atoms with Crippen LogP contribution in [0.25, 0.3) is 0 Å². The second-order valence-electron chi connectivity index (χ2n) is 11.6. The lowest BCUT2D eigenvalue weighted by molar-refractivity contribution is -0.131. The maximum absolute atomic E-state index is 12.4. The maximum atomic E-state index is 12.4. The Morgan fingerprint density at radius 2 is 0.923 bits per heavy atom. The maximum Gasteiger partial charge on any atom is 0.266 e. The highest BCUT2D eigenvalue weighted by atomic mass is 32.2. The van der Waals surface area contributed by atoms with Gasteiger partial charge in [-0.1, -0.05) is 155 Å². The molecule has 39 heavy (non-hydrogen) atoms. The number of hydrogen-bond donors (Lipinski definition) is 4. The van der Waals surface area contributed by atoms with Crippen LogP contribution in [0.4, 0.5) is 0 Å². The van der Waals surface area contributed by atoms with Crippen LogP contribution in [0.15, 0.2) is 0 Å². The average Bonchev–Trinajstić information content (AvgIpc) is 2.88. The highest BCUT2D eigenvalue weighted by Crippen LogP contribution is 2.15. The molecule has 8 heteroatoms. The van der Waals surface area contributed by atoms with Gasteiger partial charge in [0.05, 0.1) is 17.9 Å². The average molecular weight is 578 g/mol. The molecule has 0 rings (SSSR count). The summed E-state index contributed by atoms with van der Waals surface area (Å²) < 4.78 is 32.0. The third kappa shape index (κ3) is 26.0. The number of nitrogens with one attached hydrogen (secondary N) is 1. The number of rotatable bonds is 29. The predicted octanol–water partition coefficient (Wildman–Crippen LogP) is 7.48. The van der Waals surface area contributed by atoms with Gasteiger partial charge in [-0.25, -0.2) is 0 Å². The van der Waals surface area contributed by atoms with Gasteiger partial charge in [0.1, 0.15) is 6.10 Å². The summed E-state index contributed by atoms with van der Waals surface area (Å²) in [6.45, 7) is 4.37. The topological polar surface area (TPSA) is 124 Å². The molecular weight excluding hydrogens is 514 g/mol. The molecule has 0 radical (unpaired) electrons. The Hall–Kier alpha value is -0.700. The number of aliphatic hydroxyl groups is 2. The van der Waals surface area contributed by atoms with Gasteiger partial charge in [0, 0.05) is 0 Å². The van der Waals surface area contributed by atoms with E-state index in [4.69, 9.17) is 0 Å². The molecule has 0 saturated carbocycles. The monoisotopic (exact) mass is 577 g/mol. The Balaban J connectivity index is 3.90. The van der Waals surface area contributed by atoms with E-state index in [-0.39, 0.29) is 0 Å². The first-order valence-electron chi connectivity index (χ1n) is 16.3. The molecule has 3 atom stereocenters. The number of amides is 1. The molecule has 3 unspecified atom stereocenters. The van der Waals surface area contributed by atoms with Crippen LogP contribution in [0.3, 0.4) is 0 Å². The summed E-state index contributed by atoms with van der Waals surface area (Å²) in [6.07, 6.45) is 24.6. The molecule has 7 nitrogen and oxygen atoms in total. The van der Waals surface area contributed by atoms with Gasteiger partial charge in [-0.15, -0.1) is 0 Å². The molecule has 0 spiro atoms. The molecular formula is C31H63NO6S. The summed E-state index contributed by atoms with van der Waals surface area (Å²) in [4.78, 5) is 12.4. The molecule has 0 fully saturated rings. The third-order valence-corrected chi connectivity index (χ3v) is 8.45. The van der Waals surface area contributed by atoms with Crippen molar-refractivity contribution in [3.05, 3.63) is 0 Å². The lowest BCUT2D eigenvalue weighted by Gasteiger charge is -2.24. The molecule has 0 aromatic rings. The highest BCUT2D eigenvalue weighted by Gasteiger charge is 2.28. The first-order chi connectivity index (χ1) is 18.7. The van der Waals surface area contributed by atoms with E-state index in [9.17, 15) is 28.0 Å². The largest absolute Gasteiger partial charge is 0.391 e. The van der Waals surface area contributed by atoms with Crippen molar-refractivity contribution in [1.82, 2.24) is 5.32 Å². The molecule has 0 aliphatic carbocycles. The number of aliphatic hydroxyl groups excluding tert-OH is 2. The Labute approximate surface area is 241 Å². The van der Waals surface area contributed by atoms with Crippen LogP contribution in [-0.2, 0) is 14.9 Å². The number of carbonyl (C=O) groups is 1. The van der Waals surface area contributed by atoms with Gasteiger partial charge in [-0.05, 0) is 12.8 Å². The smallest absolute Gasteiger partial charge is 0.266 e. The fourth-order valence-electron chi connectivity index (χ4n) is 5.11. The van der Waals surface area contributed by atoms with Gasteiger partial charge in [0.25, 0.3) is 10.1 Å². The van der Waals surface area contributed by atoms with Crippen LogP contribution in [0.1, 0.15) is 168 Å². The fourth-order valence-corrected chi connectivity index (χ4v) is 5.87. The molecule has 0 aromatic carbocycles. The molecule has 4 N–H and O–H groups in total. The number of carbonyl (C=O) groups excluding carboxylic acids is 1. The first-order valence-corrected chi connectivity index (χ1v) is 17.9. The van der Waals surface area contributed by atoms with Gasteiger partial charge in [-0.3, -0.25) is 9.35 Å². The molecule has 0 saturated heterocycles. The van der Waals surface area contributed by atoms with Crippen LogP contribution >= 0.6 is 0 Å². The Kier molecular flexibility index (Phi) is 25.7. The standard InChI is InChI=1S/C31H63NO6S/c1-3-5-7-9-10-11-12-13-14-15-16-17-18-19-20-22-24-26-30(34)31(35)32-28(27-39(36,37)38)29(33)25-23-21-8-6-4-2/h28-30,33-34H,3-27H2,1-2H3,(H,32,35)(H,36,37,38). The molecule has 234 valence electrons. The molecule has 0 aromatic heterocycles. The van der Waals surface area contributed by atoms with Gasteiger partial charge in [0.15, 0.2) is 0 Å². The van der Waals surface area contributed by atoms with Crippen molar-refractivity contribution in [1.29, 1.82) is 0 Å². The van der Waals surface area contributed by atoms with Crippen molar-refractivity contribution in [3.8, 4) is 0 Å². The zero-order valence-electron chi connectivity index (χ0n) is 25.4. The van der Waals surface area contributed by atoms with Crippen molar-refractivity contribution >= 4 is 16.0 Å². The van der Waals surface area contributed by atoms with E-state index in [1.54, 1.807) is 0 Å². The summed E-state index contributed by atoms with van der Waals surface area (Å²) in [5.74, 6) is -1.45. The van der Waals surface area contributed by atoms with Crippen LogP contribution in [0, 0.1) is 0 Å². The van der Waals surface area contributed by atoms with Crippen molar-refractivity contribution in [2.24, 2.45) is 0 Å². The Morgan fingerprint density at radius 3 is 1.28 bits per heavy atom. The van der Waals surface area contributed by atoms with E-state index in [0.717, 1.165) is 44.9 Å². The SMILES string of the molecule is CCCCCCCCCCCCCCCCCCCC(O)C(=O)NC(CS(=O)(=O)O)C(O)CCCCCCC. The van der Waals surface area contributed by atoms with Gasteiger partial charge in [0.2, 0.25) is 5.91 Å². The zero-order chi connectivity index (χ0) is 29.2. The highest BCUT2D eigenvalue weighted by molar-refractivity contribution is 7.85. The zero-order valence-corrected chi connectivity index (χ0v) is 26.2. The molecule has 1 amide bonds. The number of hydrogen-bond acceptors (Lipinski definition) is 5. The van der Waals surface area contributed by atoms with Crippen LogP contribution < -0.4 is 5.32 Å².